The van der Waals surface area contributed by atoms with Gasteiger partial charge in [0.15, 0.2) is 0 Å². The molecule has 0 atom stereocenters. The van der Waals surface area contributed by atoms with Gasteiger partial charge in [0.25, 0.3) is 0 Å². The van der Waals surface area contributed by atoms with E-state index < -0.39 is 0 Å². The Labute approximate surface area is 124 Å². The molecule has 0 saturated heterocycles. The molecule has 0 aliphatic heterocycles. The van der Waals surface area contributed by atoms with Crippen LogP contribution in [0.2, 0.25) is 0 Å². The average molecular weight is 324 g/mol. The first-order valence-electron chi connectivity index (χ1n) is 7.31. The third-order valence-electron chi connectivity index (χ3n) is 4.38. The molecule has 2 fully saturated rings. The average Bonchev–Trinajstić information content (AvgIpc) is 3.28. The Morgan fingerprint density at radius 2 is 1.95 bits per heavy atom. The minimum atomic E-state index is 0.901. The SMILES string of the molecule is COc1ccc(CNCC(C2CC2)C2CC2)cc1Br. The molecule has 0 aromatic heterocycles. The quantitative estimate of drug-likeness (QED) is 0.819. The lowest BCUT2D eigenvalue weighted by atomic mass is 9.98. The van der Waals surface area contributed by atoms with E-state index in [1.165, 1.54) is 37.8 Å². The minimum absolute atomic E-state index is 0.901. The maximum absolute atomic E-state index is 5.25. The summed E-state index contributed by atoms with van der Waals surface area (Å²) < 4.78 is 6.29. The number of nitrogens with one attached hydrogen (secondary N) is 1. The molecule has 2 aliphatic carbocycles. The minimum Gasteiger partial charge on any atom is -0.496 e. The molecule has 0 bridgehead atoms. The Bertz CT molecular complexity index is 428. The summed E-state index contributed by atoms with van der Waals surface area (Å²) in [4.78, 5) is 0. The van der Waals surface area contributed by atoms with Crippen molar-refractivity contribution in [2.45, 2.75) is 32.2 Å². The van der Waals surface area contributed by atoms with Crippen LogP contribution in [0.15, 0.2) is 22.7 Å². The molecule has 19 heavy (non-hydrogen) atoms. The van der Waals surface area contributed by atoms with Crippen LogP contribution in [0.5, 0.6) is 5.75 Å². The van der Waals surface area contributed by atoms with Gasteiger partial charge in [-0.3, -0.25) is 0 Å². The zero-order valence-electron chi connectivity index (χ0n) is 11.5. The van der Waals surface area contributed by atoms with E-state index in [0.717, 1.165) is 34.5 Å². The van der Waals surface area contributed by atoms with Crippen molar-refractivity contribution in [3.63, 3.8) is 0 Å². The Balaban J connectivity index is 1.49. The number of benzene rings is 1. The largest absolute Gasteiger partial charge is 0.496 e. The highest BCUT2D eigenvalue weighted by Crippen LogP contribution is 2.48. The van der Waals surface area contributed by atoms with Crippen LogP contribution in [0.3, 0.4) is 0 Å². The van der Waals surface area contributed by atoms with Gasteiger partial charge in [0.2, 0.25) is 0 Å². The number of hydrogen-bond acceptors (Lipinski definition) is 2. The Morgan fingerprint density at radius 3 is 2.47 bits per heavy atom. The van der Waals surface area contributed by atoms with Crippen LogP contribution < -0.4 is 10.1 Å². The fourth-order valence-electron chi connectivity index (χ4n) is 2.97. The molecule has 3 heteroatoms. The lowest BCUT2D eigenvalue weighted by Crippen LogP contribution is -2.25. The molecule has 2 nitrogen and oxygen atoms in total. The van der Waals surface area contributed by atoms with Crippen molar-refractivity contribution in [3.05, 3.63) is 28.2 Å². The highest BCUT2D eigenvalue weighted by molar-refractivity contribution is 9.10. The molecule has 0 heterocycles. The van der Waals surface area contributed by atoms with Crippen LogP contribution in [0.4, 0.5) is 0 Å². The molecule has 1 aromatic carbocycles. The third-order valence-corrected chi connectivity index (χ3v) is 5.00. The van der Waals surface area contributed by atoms with E-state index in [9.17, 15) is 0 Å². The molecule has 1 N–H and O–H groups in total. The normalized spacial score (nSPS) is 18.9. The Morgan fingerprint density at radius 1 is 1.26 bits per heavy atom. The summed E-state index contributed by atoms with van der Waals surface area (Å²) in [6.45, 7) is 2.15. The summed E-state index contributed by atoms with van der Waals surface area (Å²) in [5, 5.41) is 3.65. The summed E-state index contributed by atoms with van der Waals surface area (Å²) in [5.41, 5.74) is 1.32. The van der Waals surface area contributed by atoms with Crippen molar-refractivity contribution >= 4 is 15.9 Å². The molecule has 104 valence electrons. The summed E-state index contributed by atoms with van der Waals surface area (Å²) in [6, 6.07) is 6.31. The van der Waals surface area contributed by atoms with Crippen molar-refractivity contribution in [3.8, 4) is 5.75 Å². The van der Waals surface area contributed by atoms with Crippen LogP contribution >= 0.6 is 15.9 Å². The van der Waals surface area contributed by atoms with Gasteiger partial charge in [-0.25, -0.2) is 0 Å². The van der Waals surface area contributed by atoms with Crippen molar-refractivity contribution in [2.75, 3.05) is 13.7 Å². The lowest BCUT2D eigenvalue weighted by molar-refractivity contribution is 0.378. The molecule has 0 unspecified atom stereocenters. The summed E-state index contributed by atoms with van der Waals surface area (Å²) in [5.74, 6) is 3.91. The maximum Gasteiger partial charge on any atom is 0.133 e. The van der Waals surface area contributed by atoms with E-state index in [1.807, 2.05) is 6.07 Å². The molecule has 0 amide bonds. The van der Waals surface area contributed by atoms with E-state index in [-0.39, 0.29) is 0 Å². The first-order valence-corrected chi connectivity index (χ1v) is 8.10. The van der Waals surface area contributed by atoms with E-state index in [0.29, 0.717) is 0 Å². The van der Waals surface area contributed by atoms with E-state index in [2.05, 4.69) is 33.4 Å². The predicted molar refractivity (Wildman–Crippen MR) is 81.3 cm³/mol. The first-order chi connectivity index (χ1) is 9.28. The maximum atomic E-state index is 5.25. The molecular formula is C16H22BrNO. The fraction of sp³-hybridized carbons (Fsp3) is 0.625. The van der Waals surface area contributed by atoms with E-state index in [1.54, 1.807) is 7.11 Å². The van der Waals surface area contributed by atoms with Gasteiger partial charge >= 0.3 is 0 Å². The molecular weight excluding hydrogens is 302 g/mol. The zero-order chi connectivity index (χ0) is 13.2. The molecule has 0 spiro atoms. The number of hydrogen-bond donors (Lipinski definition) is 1. The lowest BCUT2D eigenvalue weighted by Gasteiger charge is -2.16. The smallest absolute Gasteiger partial charge is 0.133 e. The van der Waals surface area contributed by atoms with Crippen molar-refractivity contribution < 1.29 is 4.74 Å². The second-order valence-electron chi connectivity index (χ2n) is 5.94. The van der Waals surface area contributed by atoms with E-state index in [4.69, 9.17) is 4.74 Å². The third kappa shape index (κ3) is 3.51. The number of halogens is 1. The van der Waals surface area contributed by atoms with Crippen molar-refractivity contribution in [2.24, 2.45) is 17.8 Å². The summed E-state index contributed by atoms with van der Waals surface area (Å²) in [6.07, 6.45) is 5.88. The van der Waals surface area contributed by atoms with Crippen LogP contribution in [0, 0.1) is 17.8 Å². The van der Waals surface area contributed by atoms with Crippen molar-refractivity contribution in [1.82, 2.24) is 5.32 Å². The van der Waals surface area contributed by atoms with Gasteiger partial charge in [-0.15, -0.1) is 0 Å². The molecule has 2 aliphatic rings. The Kier molecular flexibility index (Phi) is 4.13. The van der Waals surface area contributed by atoms with Gasteiger partial charge < -0.3 is 10.1 Å². The predicted octanol–water partition coefficient (Wildman–Crippen LogP) is 3.98. The van der Waals surface area contributed by atoms with Gasteiger partial charge in [-0.05, 0) is 83.6 Å². The van der Waals surface area contributed by atoms with Gasteiger partial charge in [0.05, 0.1) is 11.6 Å². The topological polar surface area (TPSA) is 21.3 Å². The standard InChI is InChI=1S/C16H22BrNO/c1-19-16-7-2-11(8-15(16)17)9-18-10-14(12-3-4-12)13-5-6-13/h2,7-8,12-14,18H,3-6,9-10H2,1H3. The molecule has 1 aromatic rings. The van der Waals surface area contributed by atoms with Gasteiger partial charge in [-0.1, -0.05) is 6.07 Å². The van der Waals surface area contributed by atoms with E-state index >= 15 is 0 Å². The first kappa shape index (κ1) is 13.4. The van der Waals surface area contributed by atoms with Crippen molar-refractivity contribution in [1.29, 1.82) is 0 Å². The summed E-state index contributed by atoms with van der Waals surface area (Å²) >= 11 is 3.54. The molecule has 2 saturated carbocycles. The van der Waals surface area contributed by atoms with Crippen LogP contribution in [0.1, 0.15) is 31.2 Å². The second kappa shape index (κ2) is 5.84. The van der Waals surface area contributed by atoms with Crippen LogP contribution in [-0.4, -0.2) is 13.7 Å². The second-order valence-corrected chi connectivity index (χ2v) is 6.79. The molecule has 3 rings (SSSR count). The summed E-state index contributed by atoms with van der Waals surface area (Å²) in [7, 11) is 1.70. The van der Waals surface area contributed by atoms with Crippen LogP contribution in [-0.2, 0) is 6.54 Å². The number of methoxy groups -OCH3 is 1. The zero-order valence-corrected chi connectivity index (χ0v) is 13.1. The highest BCUT2D eigenvalue weighted by Gasteiger charge is 2.40. The Hall–Kier alpha value is -0.540. The monoisotopic (exact) mass is 323 g/mol. The number of rotatable bonds is 7. The van der Waals surface area contributed by atoms with Gasteiger partial charge in [0, 0.05) is 6.54 Å². The van der Waals surface area contributed by atoms with Crippen LogP contribution in [0.25, 0.3) is 0 Å². The van der Waals surface area contributed by atoms with Gasteiger partial charge in [0.1, 0.15) is 5.75 Å². The molecule has 0 radical (unpaired) electrons. The number of ether oxygens (including phenoxy) is 1. The highest BCUT2D eigenvalue weighted by atomic mass is 79.9. The fourth-order valence-corrected chi connectivity index (χ4v) is 3.56. The van der Waals surface area contributed by atoms with Gasteiger partial charge in [-0.2, -0.15) is 0 Å².